The van der Waals surface area contributed by atoms with Crippen molar-refractivity contribution >= 4 is 34.8 Å². The Bertz CT molecular complexity index is 883. The summed E-state index contributed by atoms with van der Waals surface area (Å²) >= 11 is 5.61. The Labute approximate surface area is 152 Å². The van der Waals surface area contributed by atoms with Gasteiger partial charge < -0.3 is 10.2 Å². The van der Waals surface area contributed by atoms with Gasteiger partial charge in [-0.05, 0) is 43.2 Å². The van der Waals surface area contributed by atoms with Crippen molar-refractivity contribution in [2.75, 3.05) is 10.2 Å². The summed E-state index contributed by atoms with van der Waals surface area (Å²) in [6, 6.07) is 9.78. The zero-order valence-corrected chi connectivity index (χ0v) is 14.4. The van der Waals surface area contributed by atoms with Gasteiger partial charge in [0.2, 0.25) is 0 Å². The molecule has 1 atom stereocenters. The van der Waals surface area contributed by atoms with E-state index in [0.717, 1.165) is 11.6 Å². The Hall–Kier alpha value is -2.54. The lowest BCUT2D eigenvalue weighted by atomic mass is 10.1. The fourth-order valence-electron chi connectivity index (χ4n) is 3.02. The first-order chi connectivity index (χ1) is 12.2. The summed E-state index contributed by atoms with van der Waals surface area (Å²) in [5.74, 6) is -2.05. The molecule has 136 valence electrons. The summed E-state index contributed by atoms with van der Waals surface area (Å²) in [5.41, 5.74) is -0.127. The molecule has 0 spiro atoms. The Kier molecular flexibility index (Phi) is 4.66. The molecule has 0 aliphatic carbocycles. The number of nitrogens with zero attached hydrogens (tertiary/aromatic N) is 1. The van der Waals surface area contributed by atoms with E-state index in [2.05, 4.69) is 5.32 Å². The van der Waals surface area contributed by atoms with Gasteiger partial charge in [0.15, 0.2) is 0 Å². The second kappa shape index (κ2) is 6.64. The highest BCUT2D eigenvalue weighted by Gasteiger charge is 2.37. The normalized spacial score (nSPS) is 16.3. The average Bonchev–Trinajstić information content (AvgIpc) is 2.90. The number of benzene rings is 2. The second-order valence-electron chi connectivity index (χ2n) is 6.00. The summed E-state index contributed by atoms with van der Waals surface area (Å²) in [5, 5.41) is 1.94. The molecule has 0 aromatic heterocycles. The molecular weight excluding hydrogens is 369 g/mol. The van der Waals surface area contributed by atoms with Crippen molar-refractivity contribution in [1.82, 2.24) is 0 Å². The Morgan fingerprint density at radius 2 is 1.88 bits per heavy atom. The molecule has 2 aromatic rings. The monoisotopic (exact) mass is 382 g/mol. The average molecular weight is 383 g/mol. The first-order valence-corrected chi connectivity index (χ1v) is 8.15. The third-order valence-electron chi connectivity index (χ3n) is 4.16. The quantitative estimate of drug-likeness (QED) is 0.749. The Morgan fingerprint density at radius 1 is 1.19 bits per heavy atom. The summed E-state index contributed by atoms with van der Waals surface area (Å²) < 4.78 is 39.4. The van der Waals surface area contributed by atoms with Crippen molar-refractivity contribution in [2.24, 2.45) is 0 Å². The van der Waals surface area contributed by atoms with Crippen LogP contribution in [-0.2, 0) is 22.2 Å². The van der Waals surface area contributed by atoms with Gasteiger partial charge in [-0.2, -0.15) is 13.2 Å². The van der Waals surface area contributed by atoms with Gasteiger partial charge in [-0.3, -0.25) is 9.59 Å². The standard InChI is InChI=1S/C18H14ClF3N2O2/c1-10-8-11-4-2-3-5-15(11)24(10)17(26)16(25)23-14-7-6-12(19)9-13(14)18(20,21)22/h2-7,9-10H,8H2,1H3,(H,23,25). The van der Waals surface area contributed by atoms with Crippen LogP contribution in [0.1, 0.15) is 18.1 Å². The number of anilines is 2. The second-order valence-corrected chi connectivity index (χ2v) is 6.44. The maximum Gasteiger partial charge on any atom is 0.418 e. The van der Waals surface area contributed by atoms with Gasteiger partial charge in [-0.25, -0.2) is 0 Å². The van der Waals surface area contributed by atoms with Crippen molar-refractivity contribution in [3.05, 3.63) is 58.6 Å². The maximum atomic E-state index is 13.1. The summed E-state index contributed by atoms with van der Waals surface area (Å²) in [6.45, 7) is 1.77. The number of alkyl halides is 3. The number of rotatable bonds is 1. The van der Waals surface area contributed by atoms with Crippen LogP contribution < -0.4 is 10.2 Å². The van der Waals surface area contributed by atoms with Gasteiger partial charge in [0, 0.05) is 16.8 Å². The third kappa shape index (κ3) is 3.39. The molecule has 8 heteroatoms. The summed E-state index contributed by atoms with van der Waals surface area (Å²) in [7, 11) is 0. The lowest BCUT2D eigenvalue weighted by molar-refractivity contribution is -0.137. The first-order valence-electron chi connectivity index (χ1n) is 7.77. The molecule has 1 aliphatic rings. The van der Waals surface area contributed by atoms with Gasteiger partial charge in [-0.1, -0.05) is 29.8 Å². The van der Waals surface area contributed by atoms with Crippen molar-refractivity contribution in [3.8, 4) is 0 Å². The highest BCUT2D eigenvalue weighted by Crippen LogP contribution is 2.37. The number of fused-ring (bicyclic) bond motifs is 1. The largest absolute Gasteiger partial charge is 0.418 e. The molecule has 0 fully saturated rings. The van der Waals surface area contributed by atoms with Gasteiger partial charge >= 0.3 is 18.0 Å². The summed E-state index contributed by atoms with van der Waals surface area (Å²) in [6.07, 6.45) is -4.14. The lowest BCUT2D eigenvalue weighted by Gasteiger charge is -2.22. The van der Waals surface area contributed by atoms with Crippen LogP contribution in [0.2, 0.25) is 5.02 Å². The number of amides is 2. The minimum absolute atomic E-state index is 0.122. The number of hydrogen-bond donors (Lipinski definition) is 1. The van der Waals surface area contributed by atoms with Gasteiger partial charge in [0.1, 0.15) is 0 Å². The van der Waals surface area contributed by atoms with E-state index < -0.39 is 29.2 Å². The first kappa shape index (κ1) is 18.3. The minimum atomic E-state index is -4.72. The zero-order chi connectivity index (χ0) is 19.1. The Morgan fingerprint density at radius 3 is 2.58 bits per heavy atom. The van der Waals surface area contributed by atoms with Crippen molar-refractivity contribution in [1.29, 1.82) is 0 Å². The highest BCUT2D eigenvalue weighted by atomic mass is 35.5. The van der Waals surface area contributed by atoms with E-state index >= 15 is 0 Å². The molecule has 3 rings (SSSR count). The minimum Gasteiger partial charge on any atom is -0.317 e. The van der Waals surface area contributed by atoms with E-state index in [1.165, 1.54) is 11.0 Å². The molecule has 1 heterocycles. The number of hydrogen-bond acceptors (Lipinski definition) is 2. The van der Waals surface area contributed by atoms with Gasteiger partial charge in [-0.15, -0.1) is 0 Å². The van der Waals surface area contributed by atoms with E-state index in [9.17, 15) is 22.8 Å². The van der Waals surface area contributed by atoms with Crippen LogP contribution in [0, 0.1) is 0 Å². The van der Waals surface area contributed by atoms with E-state index in [1.807, 2.05) is 12.1 Å². The third-order valence-corrected chi connectivity index (χ3v) is 4.39. The zero-order valence-electron chi connectivity index (χ0n) is 13.6. The van der Waals surface area contributed by atoms with Crippen molar-refractivity contribution < 1.29 is 22.8 Å². The number of carbonyl (C=O) groups is 2. The van der Waals surface area contributed by atoms with Crippen LogP contribution in [0.25, 0.3) is 0 Å². The molecule has 0 saturated carbocycles. The van der Waals surface area contributed by atoms with E-state index in [-0.39, 0.29) is 11.1 Å². The molecule has 0 bridgehead atoms. The molecule has 0 saturated heterocycles. The van der Waals surface area contributed by atoms with Crippen molar-refractivity contribution in [2.45, 2.75) is 25.6 Å². The fraction of sp³-hybridized carbons (Fsp3) is 0.222. The van der Waals surface area contributed by atoms with Crippen LogP contribution in [0.4, 0.5) is 24.5 Å². The SMILES string of the molecule is CC1Cc2ccccc2N1C(=O)C(=O)Nc1ccc(Cl)cc1C(F)(F)F. The number of halogens is 4. The summed E-state index contributed by atoms with van der Waals surface area (Å²) in [4.78, 5) is 26.2. The van der Waals surface area contributed by atoms with Crippen LogP contribution in [0.3, 0.4) is 0 Å². The Balaban J connectivity index is 1.87. The number of nitrogens with one attached hydrogen (secondary N) is 1. The smallest absolute Gasteiger partial charge is 0.317 e. The van der Waals surface area contributed by atoms with E-state index in [1.54, 1.807) is 19.1 Å². The molecule has 1 unspecified atom stereocenters. The molecule has 2 aromatic carbocycles. The van der Waals surface area contributed by atoms with Crippen LogP contribution in [0.5, 0.6) is 0 Å². The van der Waals surface area contributed by atoms with Gasteiger partial charge in [0.25, 0.3) is 0 Å². The molecule has 0 radical (unpaired) electrons. The van der Waals surface area contributed by atoms with E-state index in [4.69, 9.17) is 11.6 Å². The van der Waals surface area contributed by atoms with Crippen LogP contribution >= 0.6 is 11.6 Å². The van der Waals surface area contributed by atoms with Crippen molar-refractivity contribution in [3.63, 3.8) is 0 Å². The highest BCUT2D eigenvalue weighted by molar-refractivity contribution is 6.44. The lowest BCUT2D eigenvalue weighted by Crippen LogP contribution is -2.43. The molecule has 1 N–H and O–H groups in total. The molecular formula is C18H14ClF3N2O2. The topological polar surface area (TPSA) is 49.4 Å². The van der Waals surface area contributed by atoms with Crippen LogP contribution in [-0.4, -0.2) is 17.9 Å². The fourth-order valence-corrected chi connectivity index (χ4v) is 3.19. The van der Waals surface area contributed by atoms with Gasteiger partial charge in [0.05, 0.1) is 11.3 Å². The van der Waals surface area contributed by atoms with E-state index in [0.29, 0.717) is 18.2 Å². The number of para-hydroxylation sites is 1. The molecule has 4 nitrogen and oxygen atoms in total. The molecule has 2 amide bonds. The number of carbonyl (C=O) groups excluding carboxylic acids is 2. The maximum absolute atomic E-state index is 13.1. The molecule has 1 aliphatic heterocycles. The van der Waals surface area contributed by atoms with Crippen LogP contribution in [0.15, 0.2) is 42.5 Å². The predicted molar refractivity (Wildman–Crippen MR) is 92.2 cm³/mol. The predicted octanol–water partition coefficient (Wildman–Crippen LogP) is 4.28. The molecule has 26 heavy (non-hydrogen) atoms.